The standard InChI is InChI=1S/C28H21N5O6S/c1-3-39-18-11-12-19-20(14-18)40-28(30-19)32-24(16-7-9-17(10-8-16)33(37)38)22(26(35)27(32)36)25(34)23-15(2)29-21-6-4-5-13-31(21)23/h4-14,24,34H,3H2,1-2H3/b25-22+. The van der Waals surface area contributed by atoms with Gasteiger partial charge in [-0.15, -0.1) is 0 Å². The third-order valence-corrected chi connectivity index (χ3v) is 7.68. The Kier molecular flexibility index (Phi) is 6.03. The highest BCUT2D eigenvalue weighted by Crippen LogP contribution is 2.45. The van der Waals surface area contributed by atoms with Crippen molar-refractivity contribution in [1.82, 2.24) is 14.4 Å². The van der Waals surface area contributed by atoms with Gasteiger partial charge in [-0.05, 0) is 61.9 Å². The van der Waals surface area contributed by atoms with Gasteiger partial charge in [0.15, 0.2) is 10.9 Å². The monoisotopic (exact) mass is 555 g/mol. The largest absolute Gasteiger partial charge is 0.505 e. The van der Waals surface area contributed by atoms with Gasteiger partial charge >= 0.3 is 5.91 Å². The predicted molar refractivity (Wildman–Crippen MR) is 149 cm³/mol. The topological polar surface area (TPSA) is 140 Å². The number of ether oxygens (including phenoxy) is 1. The normalized spacial score (nSPS) is 16.8. The molecule has 12 heteroatoms. The first-order chi connectivity index (χ1) is 19.3. The first-order valence-corrected chi connectivity index (χ1v) is 13.1. The number of nitrogens with zero attached hydrogens (tertiary/aromatic N) is 5. The van der Waals surface area contributed by atoms with E-state index in [1.807, 2.05) is 6.92 Å². The number of nitro groups is 1. The molecule has 1 fully saturated rings. The molecule has 1 aliphatic rings. The first-order valence-electron chi connectivity index (χ1n) is 12.3. The number of imidazole rings is 1. The summed E-state index contributed by atoms with van der Waals surface area (Å²) in [5.41, 5.74) is 1.96. The number of nitro benzene ring substituents is 1. The zero-order valence-electron chi connectivity index (χ0n) is 21.3. The van der Waals surface area contributed by atoms with E-state index in [-0.39, 0.29) is 22.1 Å². The summed E-state index contributed by atoms with van der Waals surface area (Å²) in [6, 6.07) is 15.1. The van der Waals surface area contributed by atoms with Crippen molar-refractivity contribution in [3.63, 3.8) is 0 Å². The van der Waals surface area contributed by atoms with Gasteiger partial charge in [0.2, 0.25) is 0 Å². The van der Waals surface area contributed by atoms with Crippen LogP contribution in [0.3, 0.4) is 0 Å². The van der Waals surface area contributed by atoms with Gasteiger partial charge in [0.25, 0.3) is 11.5 Å². The Hall–Kier alpha value is -5.10. The predicted octanol–water partition coefficient (Wildman–Crippen LogP) is 5.19. The number of benzene rings is 2. The number of aliphatic hydroxyl groups excluding tert-OH is 1. The van der Waals surface area contributed by atoms with Gasteiger partial charge in [0.05, 0.1) is 39.1 Å². The van der Waals surface area contributed by atoms with Crippen molar-refractivity contribution in [2.24, 2.45) is 0 Å². The van der Waals surface area contributed by atoms with Crippen LogP contribution in [0.1, 0.15) is 29.9 Å². The second kappa shape index (κ2) is 9.58. The molecular formula is C28H21N5O6S. The number of hydrogen-bond acceptors (Lipinski definition) is 9. The molecule has 1 saturated heterocycles. The van der Waals surface area contributed by atoms with Crippen molar-refractivity contribution in [2.45, 2.75) is 19.9 Å². The zero-order chi connectivity index (χ0) is 28.1. The minimum absolute atomic E-state index is 0.151. The molecule has 0 spiro atoms. The third kappa shape index (κ3) is 3.96. The lowest BCUT2D eigenvalue weighted by Crippen LogP contribution is -2.29. The second-order valence-corrected chi connectivity index (χ2v) is 10.1. The molecule has 0 bridgehead atoms. The smallest absolute Gasteiger partial charge is 0.301 e. The number of non-ortho nitro benzene ring substituents is 1. The fraction of sp³-hybridized carbons (Fsp3) is 0.143. The Labute approximate surface area is 230 Å². The molecule has 0 radical (unpaired) electrons. The molecule has 4 heterocycles. The van der Waals surface area contributed by atoms with Crippen molar-refractivity contribution >= 4 is 55.5 Å². The van der Waals surface area contributed by atoms with Gasteiger partial charge in [-0.1, -0.05) is 17.4 Å². The van der Waals surface area contributed by atoms with Gasteiger partial charge in [0, 0.05) is 18.3 Å². The van der Waals surface area contributed by atoms with Crippen LogP contribution in [0.2, 0.25) is 0 Å². The number of carbonyl (C=O) groups is 2. The van der Waals surface area contributed by atoms with Crippen LogP contribution in [0, 0.1) is 17.0 Å². The number of pyridine rings is 1. The van der Waals surface area contributed by atoms with Gasteiger partial charge in [0.1, 0.15) is 17.1 Å². The van der Waals surface area contributed by atoms with Crippen molar-refractivity contribution in [3.8, 4) is 5.75 Å². The van der Waals surface area contributed by atoms with Crippen LogP contribution in [0.15, 0.2) is 72.4 Å². The first kappa shape index (κ1) is 25.2. The second-order valence-electron chi connectivity index (χ2n) is 9.05. The average Bonchev–Trinajstić information content (AvgIpc) is 3.59. The fourth-order valence-electron chi connectivity index (χ4n) is 4.90. The van der Waals surface area contributed by atoms with Gasteiger partial charge in [-0.3, -0.25) is 29.0 Å². The van der Waals surface area contributed by atoms with Crippen LogP contribution < -0.4 is 9.64 Å². The van der Waals surface area contributed by atoms with E-state index in [1.54, 1.807) is 53.9 Å². The van der Waals surface area contributed by atoms with Crippen molar-refractivity contribution < 1.29 is 24.4 Å². The third-order valence-electron chi connectivity index (χ3n) is 6.66. The van der Waals surface area contributed by atoms with Crippen LogP contribution >= 0.6 is 11.3 Å². The van der Waals surface area contributed by atoms with Crippen molar-refractivity contribution in [3.05, 3.63) is 99.5 Å². The number of aryl methyl sites for hydroxylation is 1. The number of hydrogen-bond donors (Lipinski definition) is 1. The number of fused-ring (bicyclic) bond motifs is 2. The number of anilines is 1. The Balaban J connectivity index is 1.57. The molecule has 1 N–H and O–H groups in total. The maximum Gasteiger partial charge on any atom is 0.301 e. The van der Waals surface area contributed by atoms with Gasteiger partial charge in [-0.25, -0.2) is 9.97 Å². The molecule has 11 nitrogen and oxygen atoms in total. The number of Topliss-reactive ketones (excluding diaryl/α,β-unsaturated/α-hetero) is 1. The van der Waals surface area contributed by atoms with E-state index >= 15 is 0 Å². The summed E-state index contributed by atoms with van der Waals surface area (Å²) < 4.78 is 7.96. The maximum atomic E-state index is 13.6. The lowest BCUT2D eigenvalue weighted by molar-refractivity contribution is -0.384. The molecule has 5 aromatic rings. The molecule has 6 rings (SSSR count). The summed E-state index contributed by atoms with van der Waals surface area (Å²) in [5, 5.41) is 23.2. The molecule has 1 aliphatic heterocycles. The van der Waals surface area contributed by atoms with E-state index in [2.05, 4.69) is 9.97 Å². The van der Waals surface area contributed by atoms with Crippen molar-refractivity contribution in [2.75, 3.05) is 11.5 Å². The van der Waals surface area contributed by atoms with Crippen LogP contribution in [-0.2, 0) is 9.59 Å². The van der Waals surface area contributed by atoms with Gasteiger partial charge in [-0.2, -0.15) is 0 Å². The molecule has 1 unspecified atom stereocenters. The maximum absolute atomic E-state index is 13.6. The summed E-state index contributed by atoms with van der Waals surface area (Å²) >= 11 is 1.20. The number of carbonyl (C=O) groups excluding carboxylic acids is 2. The molecule has 3 aromatic heterocycles. The lowest BCUT2D eigenvalue weighted by atomic mass is 9.96. The minimum atomic E-state index is -1.10. The van der Waals surface area contributed by atoms with E-state index < -0.39 is 28.4 Å². The molecular weight excluding hydrogens is 534 g/mol. The zero-order valence-corrected chi connectivity index (χ0v) is 22.1. The number of aliphatic hydroxyl groups is 1. The molecule has 0 saturated carbocycles. The van der Waals surface area contributed by atoms with E-state index in [0.29, 0.717) is 34.8 Å². The summed E-state index contributed by atoms with van der Waals surface area (Å²) in [7, 11) is 0. The molecule has 1 amide bonds. The van der Waals surface area contributed by atoms with E-state index in [0.717, 1.165) is 4.70 Å². The molecule has 40 heavy (non-hydrogen) atoms. The summed E-state index contributed by atoms with van der Waals surface area (Å²) in [6.45, 7) is 4.05. The summed E-state index contributed by atoms with van der Waals surface area (Å²) in [6.07, 6.45) is 1.70. The van der Waals surface area contributed by atoms with Crippen molar-refractivity contribution in [1.29, 1.82) is 0 Å². The van der Waals surface area contributed by atoms with E-state index in [1.165, 1.54) is 40.5 Å². The fourth-order valence-corrected chi connectivity index (χ4v) is 5.92. The van der Waals surface area contributed by atoms with E-state index in [9.17, 15) is 24.8 Å². The number of thiazole rings is 1. The van der Waals surface area contributed by atoms with Crippen LogP contribution in [0.4, 0.5) is 10.8 Å². The van der Waals surface area contributed by atoms with Crippen LogP contribution in [0.25, 0.3) is 21.6 Å². The molecule has 2 aromatic carbocycles. The number of rotatable bonds is 6. The Morgan fingerprint density at radius 3 is 2.62 bits per heavy atom. The highest BCUT2D eigenvalue weighted by molar-refractivity contribution is 7.22. The highest BCUT2D eigenvalue weighted by atomic mass is 32.1. The number of ketones is 1. The Bertz CT molecular complexity index is 1870. The van der Waals surface area contributed by atoms with E-state index in [4.69, 9.17) is 4.74 Å². The quantitative estimate of drug-likeness (QED) is 0.0993. The molecule has 200 valence electrons. The minimum Gasteiger partial charge on any atom is -0.505 e. The summed E-state index contributed by atoms with van der Waals surface area (Å²) in [4.78, 5) is 48.3. The average molecular weight is 556 g/mol. The van der Waals surface area contributed by atoms with Crippen LogP contribution in [-0.4, -0.2) is 42.7 Å². The molecule has 1 atom stereocenters. The molecule has 0 aliphatic carbocycles. The number of aromatic nitrogens is 3. The highest BCUT2D eigenvalue weighted by Gasteiger charge is 2.48. The van der Waals surface area contributed by atoms with Gasteiger partial charge < -0.3 is 9.84 Å². The number of amides is 1. The Morgan fingerprint density at radius 1 is 1.12 bits per heavy atom. The SMILES string of the molecule is CCOc1ccc2nc(N3C(=O)C(=O)/C(=C(/O)c4c(C)nc5ccccn45)C3c3ccc([N+](=O)[O-])cc3)sc2c1. The summed E-state index contributed by atoms with van der Waals surface area (Å²) in [5.74, 6) is -1.54. The lowest BCUT2D eigenvalue weighted by Gasteiger charge is -2.22. The van der Waals surface area contributed by atoms with Crippen LogP contribution in [0.5, 0.6) is 5.75 Å². The Morgan fingerprint density at radius 2 is 1.90 bits per heavy atom.